The first kappa shape index (κ1) is 15.6. The van der Waals surface area contributed by atoms with Crippen molar-refractivity contribution in [3.05, 3.63) is 30.4 Å². The summed E-state index contributed by atoms with van der Waals surface area (Å²) in [6, 6.07) is 3.67. The van der Waals surface area contributed by atoms with Crippen molar-refractivity contribution in [1.82, 2.24) is 20.4 Å². The van der Waals surface area contributed by atoms with Gasteiger partial charge in [0.05, 0.1) is 6.10 Å². The first-order valence-corrected chi connectivity index (χ1v) is 7.91. The number of hydrogen-bond donors (Lipinski definition) is 2. The normalized spacial score (nSPS) is 21.1. The van der Waals surface area contributed by atoms with Crippen molar-refractivity contribution in [1.29, 1.82) is 0 Å². The van der Waals surface area contributed by atoms with E-state index in [4.69, 9.17) is 4.52 Å². The Hall–Kier alpha value is -2.28. The van der Waals surface area contributed by atoms with E-state index in [0.29, 0.717) is 31.1 Å². The molecule has 2 aromatic rings. The highest BCUT2D eigenvalue weighted by Crippen LogP contribution is 2.24. The fourth-order valence-corrected chi connectivity index (χ4v) is 2.81. The van der Waals surface area contributed by atoms with Gasteiger partial charge in [-0.25, -0.2) is 0 Å². The van der Waals surface area contributed by atoms with Crippen molar-refractivity contribution in [2.24, 2.45) is 5.92 Å². The monoisotopic (exact) mass is 316 g/mol. The van der Waals surface area contributed by atoms with E-state index in [1.807, 2.05) is 12.1 Å². The number of hydrogen-bond acceptors (Lipinski definition) is 6. The van der Waals surface area contributed by atoms with Crippen LogP contribution in [0.2, 0.25) is 0 Å². The van der Waals surface area contributed by atoms with Crippen LogP contribution in [0.25, 0.3) is 11.4 Å². The summed E-state index contributed by atoms with van der Waals surface area (Å²) < 4.78 is 5.18. The number of nitrogens with one attached hydrogen (secondary N) is 1. The Labute approximate surface area is 134 Å². The summed E-state index contributed by atoms with van der Waals surface area (Å²) in [4.78, 5) is 20.4. The summed E-state index contributed by atoms with van der Waals surface area (Å²) in [5.41, 5.74) is 0.794. The number of nitrogens with zero attached hydrogens (tertiary/aromatic N) is 3. The molecule has 0 spiro atoms. The number of aliphatic hydroxyl groups excluding tert-OH is 1. The van der Waals surface area contributed by atoms with E-state index in [0.717, 1.165) is 24.8 Å². The SMILES string of the molecule is O=C(NCCc1nc(-c2cccnc2)no1)[C@@H]1CCC[C@H](O)C1. The second kappa shape index (κ2) is 7.32. The zero-order valence-electron chi connectivity index (χ0n) is 12.8. The number of amides is 1. The van der Waals surface area contributed by atoms with Crippen LogP contribution < -0.4 is 5.32 Å². The van der Waals surface area contributed by atoms with Gasteiger partial charge in [-0.3, -0.25) is 9.78 Å². The average molecular weight is 316 g/mol. The summed E-state index contributed by atoms with van der Waals surface area (Å²) >= 11 is 0. The van der Waals surface area contributed by atoms with Crippen LogP contribution in [-0.2, 0) is 11.2 Å². The molecule has 1 aliphatic carbocycles. The summed E-state index contributed by atoms with van der Waals surface area (Å²) in [6.07, 6.45) is 6.57. The van der Waals surface area contributed by atoms with Crippen LogP contribution in [0.1, 0.15) is 31.6 Å². The highest BCUT2D eigenvalue weighted by Gasteiger charge is 2.25. The van der Waals surface area contributed by atoms with Gasteiger partial charge in [0.15, 0.2) is 0 Å². The molecule has 7 nitrogen and oxygen atoms in total. The topological polar surface area (TPSA) is 101 Å². The molecule has 2 atom stereocenters. The number of pyridine rings is 1. The maximum Gasteiger partial charge on any atom is 0.228 e. The molecule has 1 aliphatic rings. The first-order valence-electron chi connectivity index (χ1n) is 7.91. The Kier molecular flexibility index (Phi) is 4.97. The smallest absolute Gasteiger partial charge is 0.228 e. The van der Waals surface area contributed by atoms with Crippen LogP contribution in [0.5, 0.6) is 0 Å². The number of carbonyl (C=O) groups excluding carboxylic acids is 1. The van der Waals surface area contributed by atoms with Crippen molar-refractivity contribution >= 4 is 5.91 Å². The third-order valence-electron chi connectivity index (χ3n) is 4.04. The molecular formula is C16H20N4O3. The molecule has 1 amide bonds. The fraction of sp³-hybridized carbons (Fsp3) is 0.500. The van der Waals surface area contributed by atoms with Crippen LogP contribution >= 0.6 is 0 Å². The molecule has 1 saturated carbocycles. The van der Waals surface area contributed by atoms with Crippen LogP contribution in [-0.4, -0.2) is 38.8 Å². The number of rotatable bonds is 5. The number of aliphatic hydroxyl groups is 1. The summed E-state index contributed by atoms with van der Waals surface area (Å²) in [6.45, 7) is 0.445. The van der Waals surface area contributed by atoms with Crippen molar-refractivity contribution in [2.75, 3.05) is 6.54 Å². The van der Waals surface area contributed by atoms with Crippen molar-refractivity contribution in [3.8, 4) is 11.4 Å². The molecule has 23 heavy (non-hydrogen) atoms. The minimum absolute atomic E-state index is 0.00394. The number of aromatic nitrogens is 3. The fourth-order valence-electron chi connectivity index (χ4n) is 2.81. The Morgan fingerprint density at radius 1 is 1.43 bits per heavy atom. The zero-order chi connectivity index (χ0) is 16.1. The lowest BCUT2D eigenvalue weighted by molar-refractivity contribution is -0.127. The van der Waals surface area contributed by atoms with Gasteiger partial charge in [-0.1, -0.05) is 11.6 Å². The Bertz CT molecular complexity index is 644. The second-order valence-corrected chi connectivity index (χ2v) is 5.81. The molecular weight excluding hydrogens is 296 g/mol. The molecule has 0 unspecified atom stereocenters. The maximum absolute atomic E-state index is 12.1. The molecule has 0 bridgehead atoms. The van der Waals surface area contributed by atoms with E-state index in [1.165, 1.54) is 0 Å². The molecule has 0 aromatic carbocycles. The maximum atomic E-state index is 12.1. The molecule has 0 radical (unpaired) electrons. The van der Waals surface area contributed by atoms with Gasteiger partial charge in [0.1, 0.15) is 0 Å². The molecule has 0 saturated heterocycles. The van der Waals surface area contributed by atoms with Gasteiger partial charge in [-0.15, -0.1) is 0 Å². The lowest BCUT2D eigenvalue weighted by Crippen LogP contribution is -2.36. The quantitative estimate of drug-likeness (QED) is 0.863. The lowest BCUT2D eigenvalue weighted by Gasteiger charge is -2.24. The van der Waals surface area contributed by atoms with E-state index < -0.39 is 0 Å². The van der Waals surface area contributed by atoms with Crippen LogP contribution in [0.3, 0.4) is 0 Å². The largest absolute Gasteiger partial charge is 0.393 e. The van der Waals surface area contributed by atoms with E-state index in [2.05, 4.69) is 20.4 Å². The number of carbonyl (C=O) groups is 1. The van der Waals surface area contributed by atoms with Gasteiger partial charge in [0.2, 0.25) is 17.6 Å². The van der Waals surface area contributed by atoms with Crippen LogP contribution in [0.15, 0.2) is 29.0 Å². The first-order chi connectivity index (χ1) is 11.2. The minimum Gasteiger partial charge on any atom is -0.393 e. The molecule has 7 heteroatoms. The van der Waals surface area contributed by atoms with E-state index in [1.54, 1.807) is 12.4 Å². The summed E-state index contributed by atoms with van der Waals surface area (Å²) in [5.74, 6) is 0.880. The molecule has 0 aliphatic heterocycles. The third kappa shape index (κ3) is 4.13. The highest BCUT2D eigenvalue weighted by atomic mass is 16.5. The van der Waals surface area contributed by atoms with Gasteiger partial charge < -0.3 is 14.9 Å². The van der Waals surface area contributed by atoms with Crippen LogP contribution in [0, 0.1) is 5.92 Å². The minimum atomic E-state index is -0.350. The molecule has 2 N–H and O–H groups in total. The zero-order valence-corrected chi connectivity index (χ0v) is 12.8. The lowest BCUT2D eigenvalue weighted by atomic mass is 9.87. The molecule has 2 aromatic heterocycles. The summed E-state index contributed by atoms with van der Waals surface area (Å²) in [7, 11) is 0. The Morgan fingerprint density at radius 3 is 3.13 bits per heavy atom. The summed E-state index contributed by atoms with van der Waals surface area (Å²) in [5, 5.41) is 16.4. The second-order valence-electron chi connectivity index (χ2n) is 5.81. The third-order valence-corrected chi connectivity index (χ3v) is 4.04. The predicted molar refractivity (Wildman–Crippen MR) is 82.2 cm³/mol. The van der Waals surface area contributed by atoms with Crippen molar-refractivity contribution in [3.63, 3.8) is 0 Å². The molecule has 1 fully saturated rings. The Morgan fingerprint density at radius 2 is 2.35 bits per heavy atom. The van der Waals surface area contributed by atoms with Gasteiger partial charge in [0.25, 0.3) is 0 Å². The van der Waals surface area contributed by atoms with E-state index in [9.17, 15) is 9.90 Å². The standard InChI is InChI=1S/C16H20N4O3/c21-13-5-1-3-11(9-13)16(22)18-8-6-14-19-15(20-23-14)12-4-2-7-17-10-12/h2,4,7,10-11,13,21H,1,3,5-6,8-9H2,(H,18,22)/t11-,13+/m1/s1. The Balaban J connectivity index is 1.47. The predicted octanol–water partition coefficient (Wildman–Crippen LogP) is 1.34. The molecule has 2 heterocycles. The van der Waals surface area contributed by atoms with Gasteiger partial charge in [-0.2, -0.15) is 4.98 Å². The molecule has 122 valence electrons. The van der Waals surface area contributed by atoms with E-state index in [-0.39, 0.29) is 17.9 Å². The van der Waals surface area contributed by atoms with Crippen molar-refractivity contribution < 1.29 is 14.4 Å². The van der Waals surface area contributed by atoms with Crippen molar-refractivity contribution in [2.45, 2.75) is 38.2 Å². The van der Waals surface area contributed by atoms with Crippen LogP contribution in [0.4, 0.5) is 0 Å². The molecule has 3 rings (SSSR count). The highest BCUT2D eigenvalue weighted by molar-refractivity contribution is 5.78. The van der Waals surface area contributed by atoms with Gasteiger partial charge in [0, 0.05) is 36.8 Å². The van der Waals surface area contributed by atoms with Gasteiger partial charge >= 0.3 is 0 Å². The average Bonchev–Trinajstić information content (AvgIpc) is 3.04. The van der Waals surface area contributed by atoms with E-state index >= 15 is 0 Å². The van der Waals surface area contributed by atoms with Gasteiger partial charge in [-0.05, 0) is 31.4 Å².